The summed E-state index contributed by atoms with van der Waals surface area (Å²) < 4.78 is 2.17. The van der Waals surface area contributed by atoms with Crippen LogP contribution in [0.25, 0.3) is 5.69 Å². The van der Waals surface area contributed by atoms with Gasteiger partial charge >= 0.3 is 5.97 Å². The van der Waals surface area contributed by atoms with Crippen molar-refractivity contribution >= 4 is 23.3 Å². The third kappa shape index (κ3) is 4.00. The topological polar surface area (TPSA) is 70.4 Å². The van der Waals surface area contributed by atoms with Crippen molar-refractivity contribution in [3.8, 4) is 5.69 Å². The predicted octanol–water partition coefficient (Wildman–Crippen LogP) is 4.82. The number of pyridine rings is 1. The molecule has 2 atom stereocenters. The first kappa shape index (κ1) is 22.0. The zero-order valence-corrected chi connectivity index (χ0v) is 19.6. The largest absolute Gasteiger partial charge is 0.478 e. The van der Waals surface area contributed by atoms with Gasteiger partial charge in [-0.25, -0.2) is 4.79 Å². The number of rotatable bonds is 6. The van der Waals surface area contributed by atoms with Crippen LogP contribution in [0.1, 0.15) is 58.9 Å². The number of carboxylic acid groups (broad SMARTS) is 1. The molecule has 0 amide bonds. The molecule has 1 aromatic carbocycles. The van der Waals surface area contributed by atoms with E-state index in [0.29, 0.717) is 5.92 Å². The highest BCUT2D eigenvalue weighted by Crippen LogP contribution is 2.41. The molecule has 0 aliphatic carbocycles. The van der Waals surface area contributed by atoms with Crippen LogP contribution in [0.2, 0.25) is 0 Å². The molecule has 2 N–H and O–H groups in total. The number of nitrogens with one attached hydrogen (secondary N) is 1. The second-order valence-corrected chi connectivity index (χ2v) is 9.07. The maximum atomic E-state index is 11.2. The molecular formula is C25H28N4O2S. The number of benzene rings is 1. The lowest BCUT2D eigenvalue weighted by Crippen LogP contribution is -2.33. The minimum absolute atomic E-state index is 0.0121. The molecule has 6 nitrogen and oxygen atoms in total. The van der Waals surface area contributed by atoms with Gasteiger partial charge in [-0.2, -0.15) is 0 Å². The third-order valence-electron chi connectivity index (χ3n) is 5.92. The second-order valence-electron chi connectivity index (χ2n) is 8.69. The molecule has 0 saturated carbocycles. The van der Waals surface area contributed by atoms with Crippen LogP contribution in [0.15, 0.2) is 54.7 Å². The highest BCUT2D eigenvalue weighted by Gasteiger charge is 2.41. The molecule has 0 bridgehead atoms. The van der Waals surface area contributed by atoms with Gasteiger partial charge in [0.05, 0.1) is 23.3 Å². The lowest BCUT2D eigenvalue weighted by atomic mass is 9.96. The van der Waals surface area contributed by atoms with E-state index >= 15 is 0 Å². The Bertz CT molecular complexity index is 1140. The van der Waals surface area contributed by atoms with Crippen molar-refractivity contribution < 1.29 is 9.90 Å². The Balaban J connectivity index is 1.80. The van der Waals surface area contributed by atoms with Crippen molar-refractivity contribution in [3.05, 3.63) is 82.9 Å². The van der Waals surface area contributed by atoms with Gasteiger partial charge in [-0.1, -0.05) is 19.9 Å². The summed E-state index contributed by atoms with van der Waals surface area (Å²) in [5.41, 5.74) is 5.56. The SMILES string of the molecule is Cc1cc([C@@H]2[C@H](c3ccccn3)NC(=S)N2CC(C)C)c(C)n1-c1ccc(C(=O)O)cc1. The highest BCUT2D eigenvalue weighted by atomic mass is 32.1. The molecule has 3 aromatic rings. The number of aromatic carboxylic acids is 1. The fraction of sp³-hybridized carbons (Fsp3) is 0.320. The summed E-state index contributed by atoms with van der Waals surface area (Å²) in [6.45, 7) is 9.42. The molecule has 2 aromatic heterocycles. The summed E-state index contributed by atoms with van der Waals surface area (Å²) >= 11 is 5.75. The Kier molecular flexibility index (Phi) is 6.02. The number of thiocarbonyl (C=S) groups is 1. The minimum Gasteiger partial charge on any atom is -0.478 e. The number of nitrogens with zero attached hydrogens (tertiary/aromatic N) is 3. The van der Waals surface area contributed by atoms with Gasteiger partial charge in [-0.05, 0) is 80.0 Å². The summed E-state index contributed by atoms with van der Waals surface area (Å²) in [6.07, 6.45) is 1.81. The number of carboxylic acids is 1. The van der Waals surface area contributed by atoms with Crippen molar-refractivity contribution in [1.82, 2.24) is 19.8 Å². The first-order chi connectivity index (χ1) is 15.3. The predicted molar refractivity (Wildman–Crippen MR) is 129 cm³/mol. The van der Waals surface area contributed by atoms with Gasteiger partial charge in [-0.3, -0.25) is 4.98 Å². The van der Waals surface area contributed by atoms with Crippen molar-refractivity contribution in [3.63, 3.8) is 0 Å². The Morgan fingerprint density at radius 1 is 1.19 bits per heavy atom. The van der Waals surface area contributed by atoms with Crippen LogP contribution < -0.4 is 5.32 Å². The molecule has 32 heavy (non-hydrogen) atoms. The normalized spacial score (nSPS) is 18.3. The van der Waals surface area contributed by atoms with E-state index in [-0.39, 0.29) is 17.6 Å². The van der Waals surface area contributed by atoms with E-state index in [1.165, 1.54) is 5.56 Å². The van der Waals surface area contributed by atoms with E-state index in [1.807, 2.05) is 36.5 Å². The molecule has 0 spiro atoms. The first-order valence-electron chi connectivity index (χ1n) is 10.8. The van der Waals surface area contributed by atoms with Crippen LogP contribution in [0.3, 0.4) is 0 Å². The highest BCUT2D eigenvalue weighted by molar-refractivity contribution is 7.80. The van der Waals surface area contributed by atoms with Gasteiger partial charge in [0.1, 0.15) is 0 Å². The molecule has 3 heterocycles. The summed E-state index contributed by atoms with van der Waals surface area (Å²) in [7, 11) is 0. The van der Waals surface area contributed by atoms with Crippen LogP contribution in [-0.2, 0) is 0 Å². The summed E-state index contributed by atoms with van der Waals surface area (Å²) in [6, 6.07) is 15.1. The molecule has 7 heteroatoms. The fourth-order valence-electron chi connectivity index (χ4n) is 4.57. The summed E-state index contributed by atoms with van der Waals surface area (Å²) in [4.78, 5) is 18.1. The van der Waals surface area contributed by atoms with Gasteiger partial charge in [0.25, 0.3) is 0 Å². The monoisotopic (exact) mass is 448 g/mol. The Labute approximate surface area is 193 Å². The number of carbonyl (C=O) groups is 1. The smallest absolute Gasteiger partial charge is 0.335 e. The van der Waals surface area contributed by atoms with Crippen molar-refractivity contribution in [1.29, 1.82) is 0 Å². The van der Waals surface area contributed by atoms with E-state index in [4.69, 9.17) is 12.2 Å². The lowest BCUT2D eigenvalue weighted by molar-refractivity contribution is 0.0697. The van der Waals surface area contributed by atoms with Crippen LogP contribution >= 0.6 is 12.2 Å². The number of hydrogen-bond donors (Lipinski definition) is 2. The average molecular weight is 449 g/mol. The molecule has 1 fully saturated rings. The van der Waals surface area contributed by atoms with Gasteiger partial charge in [0.15, 0.2) is 5.11 Å². The maximum Gasteiger partial charge on any atom is 0.335 e. The van der Waals surface area contributed by atoms with Crippen LogP contribution in [0.5, 0.6) is 0 Å². The molecule has 1 aliphatic heterocycles. The molecule has 1 saturated heterocycles. The molecule has 0 radical (unpaired) electrons. The van der Waals surface area contributed by atoms with E-state index in [2.05, 4.69) is 53.5 Å². The number of aromatic nitrogens is 2. The number of aryl methyl sites for hydroxylation is 1. The second kappa shape index (κ2) is 8.74. The summed E-state index contributed by atoms with van der Waals surface area (Å²) in [5.74, 6) is -0.474. The van der Waals surface area contributed by atoms with Gasteiger partial charge in [-0.15, -0.1) is 0 Å². The standard InChI is InChI=1S/C25H28N4O2S/c1-15(2)14-28-23(22(27-25(28)32)21-7-5-6-12-26-21)20-13-16(3)29(17(20)4)19-10-8-18(9-11-19)24(30)31/h5-13,15,22-23H,14H2,1-4H3,(H,27,32)(H,30,31)/t22-,23+/m0/s1. The minimum atomic E-state index is -0.925. The van der Waals surface area contributed by atoms with E-state index in [9.17, 15) is 9.90 Å². The van der Waals surface area contributed by atoms with Crippen molar-refractivity contribution in [2.45, 2.75) is 39.8 Å². The quantitative estimate of drug-likeness (QED) is 0.527. The van der Waals surface area contributed by atoms with E-state index in [1.54, 1.807) is 12.1 Å². The molecular weight excluding hydrogens is 420 g/mol. The van der Waals surface area contributed by atoms with Crippen LogP contribution in [-0.4, -0.2) is 37.2 Å². The van der Waals surface area contributed by atoms with E-state index in [0.717, 1.165) is 34.4 Å². The van der Waals surface area contributed by atoms with Gasteiger partial charge < -0.3 is 19.9 Å². The Morgan fingerprint density at radius 3 is 2.50 bits per heavy atom. The molecule has 166 valence electrons. The fourth-order valence-corrected chi connectivity index (χ4v) is 4.89. The lowest BCUT2D eigenvalue weighted by Gasteiger charge is -2.29. The average Bonchev–Trinajstić information content (AvgIpc) is 3.23. The van der Waals surface area contributed by atoms with Gasteiger partial charge in [0, 0.05) is 29.8 Å². The van der Waals surface area contributed by atoms with Gasteiger partial charge in [0.2, 0.25) is 0 Å². The first-order valence-corrected chi connectivity index (χ1v) is 11.2. The maximum absolute atomic E-state index is 11.2. The summed E-state index contributed by atoms with van der Waals surface area (Å²) in [5, 5.41) is 13.5. The zero-order valence-electron chi connectivity index (χ0n) is 18.7. The Hall–Kier alpha value is -3.19. The zero-order chi connectivity index (χ0) is 23.0. The van der Waals surface area contributed by atoms with Crippen molar-refractivity contribution in [2.24, 2.45) is 5.92 Å². The molecule has 4 rings (SSSR count). The van der Waals surface area contributed by atoms with Crippen molar-refractivity contribution in [2.75, 3.05) is 6.54 Å². The molecule has 1 aliphatic rings. The Morgan fingerprint density at radius 2 is 1.91 bits per heavy atom. The third-order valence-corrected chi connectivity index (χ3v) is 6.27. The number of hydrogen-bond acceptors (Lipinski definition) is 3. The van der Waals surface area contributed by atoms with Crippen LogP contribution in [0.4, 0.5) is 0 Å². The van der Waals surface area contributed by atoms with E-state index < -0.39 is 5.97 Å². The van der Waals surface area contributed by atoms with Crippen LogP contribution in [0, 0.1) is 19.8 Å². The molecule has 0 unspecified atom stereocenters.